The normalized spacial score (nSPS) is 16.2. The maximum Gasteiger partial charge on any atom is 0.186 e. The molecule has 0 amide bonds. The van der Waals surface area contributed by atoms with E-state index in [2.05, 4.69) is 21.6 Å². The van der Waals surface area contributed by atoms with Crippen LogP contribution in [0.4, 0.5) is 5.69 Å². The molecule has 3 rings (SSSR count). The monoisotopic (exact) mass is 270 g/mol. The molecule has 4 nitrogen and oxygen atoms in total. The van der Waals surface area contributed by atoms with E-state index in [4.69, 9.17) is 0 Å². The van der Waals surface area contributed by atoms with Crippen LogP contribution in [0.3, 0.4) is 0 Å². The maximum absolute atomic E-state index is 9.21. The van der Waals surface area contributed by atoms with E-state index in [0.29, 0.717) is 11.7 Å². The Labute approximate surface area is 116 Å². The Morgan fingerprint density at radius 2 is 2.00 bits per heavy atom. The van der Waals surface area contributed by atoms with Crippen molar-refractivity contribution in [2.75, 3.05) is 16.8 Å². The molecule has 1 aromatic heterocycles. The Balaban J connectivity index is 2.02. The van der Waals surface area contributed by atoms with Crippen molar-refractivity contribution in [3.05, 3.63) is 30.0 Å². The van der Waals surface area contributed by atoms with Crippen LogP contribution >= 0.6 is 11.8 Å². The van der Waals surface area contributed by atoms with E-state index < -0.39 is 0 Å². The van der Waals surface area contributed by atoms with Crippen LogP contribution in [0.2, 0.25) is 0 Å². The van der Waals surface area contributed by atoms with Gasteiger partial charge < -0.3 is 5.32 Å². The molecule has 1 N–H and O–H groups in total. The van der Waals surface area contributed by atoms with Crippen molar-refractivity contribution >= 4 is 28.4 Å². The molecule has 96 valence electrons. The number of anilines is 1. The number of rotatable bonds is 2. The van der Waals surface area contributed by atoms with Gasteiger partial charge in [0.1, 0.15) is 6.07 Å². The van der Waals surface area contributed by atoms with Gasteiger partial charge in [-0.05, 0) is 30.4 Å². The van der Waals surface area contributed by atoms with E-state index in [9.17, 15) is 5.26 Å². The number of nitrogens with zero attached hydrogens (tertiary/aromatic N) is 3. The van der Waals surface area contributed by atoms with Gasteiger partial charge in [-0.1, -0.05) is 18.2 Å². The first-order valence-corrected chi connectivity index (χ1v) is 7.54. The van der Waals surface area contributed by atoms with E-state index >= 15 is 0 Å². The van der Waals surface area contributed by atoms with Gasteiger partial charge in [-0.2, -0.15) is 17.0 Å². The first-order chi connectivity index (χ1) is 9.38. The van der Waals surface area contributed by atoms with Crippen molar-refractivity contribution in [3.63, 3.8) is 0 Å². The molecule has 0 aliphatic carbocycles. The molecule has 5 heteroatoms. The van der Waals surface area contributed by atoms with Gasteiger partial charge in [0.25, 0.3) is 0 Å². The number of hydrogen-bond acceptors (Lipinski definition) is 5. The smallest absolute Gasteiger partial charge is 0.186 e. The zero-order chi connectivity index (χ0) is 13.1. The minimum atomic E-state index is 0.386. The molecule has 2 aromatic rings. The quantitative estimate of drug-likeness (QED) is 0.909. The number of benzene rings is 1. The summed E-state index contributed by atoms with van der Waals surface area (Å²) in [7, 11) is 0. The number of fused-ring (bicyclic) bond motifs is 1. The Bertz CT molecular complexity index is 629. The van der Waals surface area contributed by atoms with Crippen molar-refractivity contribution in [2.45, 2.75) is 18.9 Å². The van der Waals surface area contributed by atoms with Crippen LogP contribution in [0.15, 0.2) is 24.3 Å². The van der Waals surface area contributed by atoms with Crippen LogP contribution in [-0.2, 0) is 0 Å². The summed E-state index contributed by atoms with van der Waals surface area (Å²) in [5.41, 5.74) is 2.05. The standard InChI is InChI=1S/C14H14N4S/c15-9-13-14(16-10-5-7-19-8-6-10)11-3-1-2-4-12(11)17-18-13/h1-4,10H,5-8H2,(H,16,17). The summed E-state index contributed by atoms with van der Waals surface area (Å²) in [5.74, 6) is 2.35. The SMILES string of the molecule is N#Cc1nnc2ccccc2c1NC1CCSCC1. The zero-order valence-electron chi connectivity index (χ0n) is 10.5. The van der Waals surface area contributed by atoms with Gasteiger partial charge in [0.05, 0.1) is 11.2 Å². The second-order valence-corrected chi connectivity index (χ2v) is 5.81. The van der Waals surface area contributed by atoms with Crippen molar-refractivity contribution < 1.29 is 0 Å². The van der Waals surface area contributed by atoms with E-state index in [0.717, 1.165) is 29.4 Å². The minimum Gasteiger partial charge on any atom is -0.379 e. The average Bonchev–Trinajstić information content (AvgIpc) is 2.49. The van der Waals surface area contributed by atoms with Gasteiger partial charge in [-0.15, -0.1) is 10.2 Å². The van der Waals surface area contributed by atoms with Gasteiger partial charge in [0.2, 0.25) is 0 Å². The fraction of sp³-hybridized carbons (Fsp3) is 0.357. The molecule has 0 saturated carbocycles. The molecular weight excluding hydrogens is 256 g/mol. The van der Waals surface area contributed by atoms with Crippen molar-refractivity contribution in [1.29, 1.82) is 5.26 Å². The summed E-state index contributed by atoms with van der Waals surface area (Å²) >= 11 is 1.99. The highest BCUT2D eigenvalue weighted by Crippen LogP contribution is 2.27. The summed E-state index contributed by atoms with van der Waals surface area (Å²) < 4.78 is 0. The third kappa shape index (κ3) is 2.49. The van der Waals surface area contributed by atoms with Gasteiger partial charge in [0.15, 0.2) is 5.69 Å². The predicted molar refractivity (Wildman–Crippen MR) is 78.2 cm³/mol. The van der Waals surface area contributed by atoms with Crippen LogP contribution in [0.25, 0.3) is 10.9 Å². The third-order valence-corrected chi connectivity index (χ3v) is 4.39. The molecule has 0 bridgehead atoms. The van der Waals surface area contributed by atoms with Crippen molar-refractivity contribution in [1.82, 2.24) is 10.2 Å². The molecule has 0 atom stereocenters. The van der Waals surface area contributed by atoms with E-state index in [-0.39, 0.29) is 0 Å². The molecular formula is C14H14N4S. The van der Waals surface area contributed by atoms with Gasteiger partial charge in [0, 0.05) is 11.4 Å². The van der Waals surface area contributed by atoms with E-state index in [1.807, 2.05) is 36.0 Å². The second-order valence-electron chi connectivity index (χ2n) is 4.58. The highest BCUT2D eigenvalue weighted by Gasteiger charge is 2.17. The van der Waals surface area contributed by atoms with Crippen LogP contribution < -0.4 is 5.32 Å². The average molecular weight is 270 g/mol. The highest BCUT2D eigenvalue weighted by molar-refractivity contribution is 7.99. The molecule has 2 heterocycles. The Hall–Kier alpha value is -1.80. The summed E-state index contributed by atoms with van der Waals surface area (Å²) in [5, 5.41) is 21.8. The molecule has 1 fully saturated rings. The molecule has 1 aromatic carbocycles. The molecule has 0 radical (unpaired) electrons. The summed E-state index contributed by atoms with van der Waals surface area (Å²) in [6, 6.07) is 10.4. The number of hydrogen-bond donors (Lipinski definition) is 1. The lowest BCUT2D eigenvalue weighted by Gasteiger charge is -2.24. The lowest BCUT2D eigenvalue weighted by Crippen LogP contribution is -2.25. The number of nitriles is 1. The molecule has 1 saturated heterocycles. The highest BCUT2D eigenvalue weighted by atomic mass is 32.2. The zero-order valence-corrected chi connectivity index (χ0v) is 11.3. The molecule has 1 aliphatic heterocycles. The van der Waals surface area contributed by atoms with Crippen molar-refractivity contribution in [3.8, 4) is 6.07 Å². The molecule has 0 spiro atoms. The molecule has 19 heavy (non-hydrogen) atoms. The lowest BCUT2D eigenvalue weighted by molar-refractivity contribution is 0.666. The van der Waals surface area contributed by atoms with E-state index in [1.54, 1.807) is 0 Å². The fourth-order valence-corrected chi connectivity index (χ4v) is 3.43. The Morgan fingerprint density at radius 3 is 2.79 bits per heavy atom. The molecule has 1 aliphatic rings. The lowest BCUT2D eigenvalue weighted by atomic mass is 10.1. The first kappa shape index (κ1) is 12.2. The Morgan fingerprint density at radius 1 is 1.21 bits per heavy atom. The summed E-state index contributed by atoms with van der Waals surface area (Å²) in [6.07, 6.45) is 2.26. The van der Waals surface area contributed by atoms with Crippen LogP contribution in [0, 0.1) is 11.3 Å². The summed E-state index contributed by atoms with van der Waals surface area (Å²) in [6.45, 7) is 0. The largest absolute Gasteiger partial charge is 0.379 e. The number of nitrogens with one attached hydrogen (secondary N) is 1. The predicted octanol–water partition coefficient (Wildman–Crippen LogP) is 2.81. The van der Waals surface area contributed by atoms with Gasteiger partial charge in [-0.3, -0.25) is 0 Å². The Kier molecular flexibility index (Phi) is 3.51. The second kappa shape index (κ2) is 5.45. The number of aromatic nitrogens is 2. The van der Waals surface area contributed by atoms with Crippen molar-refractivity contribution in [2.24, 2.45) is 0 Å². The summed E-state index contributed by atoms with van der Waals surface area (Å²) in [4.78, 5) is 0. The first-order valence-electron chi connectivity index (χ1n) is 6.38. The van der Waals surface area contributed by atoms with E-state index in [1.165, 1.54) is 11.5 Å². The maximum atomic E-state index is 9.21. The molecule has 0 unspecified atom stereocenters. The van der Waals surface area contributed by atoms with Gasteiger partial charge in [-0.25, -0.2) is 0 Å². The van der Waals surface area contributed by atoms with Crippen LogP contribution in [0.5, 0.6) is 0 Å². The van der Waals surface area contributed by atoms with Crippen LogP contribution in [0.1, 0.15) is 18.5 Å². The minimum absolute atomic E-state index is 0.386. The fourth-order valence-electron chi connectivity index (χ4n) is 2.32. The topological polar surface area (TPSA) is 61.6 Å². The van der Waals surface area contributed by atoms with Gasteiger partial charge >= 0.3 is 0 Å². The number of thioether (sulfide) groups is 1. The third-order valence-electron chi connectivity index (χ3n) is 3.34. The van der Waals surface area contributed by atoms with Crippen LogP contribution in [-0.4, -0.2) is 27.7 Å².